The summed E-state index contributed by atoms with van der Waals surface area (Å²) in [5, 5.41) is 5.06. The van der Waals surface area contributed by atoms with Gasteiger partial charge in [0.1, 0.15) is 0 Å². The van der Waals surface area contributed by atoms with Crippen molar-refractivity contribution < 1.29 is 8.42 Å². The van der Waals surface area contributed by atoms with E-state index in [1.807, 2.05) is 0 Å². The molecule has 2 aliphatic rings. The highest BCUT2D eigenvalue weighted by Gasteiger charge is 2.53. The first kappa shape index (κ1) is 15.5. The largest absolute Gasteiger partial charge is 0.310 e. The summed E-state index contributed by atoms with van der Waals surface area (Å²) in [4.78, 5) is 1.48. The van der Waals surface area contributed by atoms with Crippen molar-refractivity contribution in [2.24, 2.45) is 11.3 Å². The molecular weight excluding hydrogens is 304 g/mol. The van der Waals surface area contributed by atoms with Gasteiger partial charge in [-0.25, -0.2) is 13.1 Å². The van der Waals surface area contributed by atoms with Crippen molar-refractivity contribution in [3.05, 3.63) is 16.3 Å². The molecule has 2 fully saturated rings. The average Bonchev–Trinajstić information content (AvgIpc) is 3.32. The molecule has 0 bridgehead atoms. The summed E-state index contributed by atoms with van der Waals surface area (Å²) in [5.41, 5.74) is 0.297. The molecule has 118 valence electrons. The Balaban J connectivity index is 1.59. The second kappa shape index (κ2) is 5.65. The monoisotopic (exact) mass is 328 g/mol. The van der Waals surface area contributed by atoms with E-state index < -0.39 is 10.0 Å². The van der Waals surface area contributed by atoms with Crippen LogP contribution >= 0.6 is 11.3 Å². The molecule has 1 heterocycles. The van der Waals surface area contributed by atoms with Crippen LogP contribution in [0.15, 0.2) is 16.3 Å². The van der Waals surface area contributed by atoms with Crippen molar-refractivity contribution in [2.75, 3.05) is 6.54 Å². The lowest BCUT2D eigenvalue weighted by molar-refractivity contribution is 0.432. The third kappa shape index (κ3) is 3.67. The highest BCUT2D eigenvalue weighted by molar-refractivity contribution is 7.89. The van der Waals surface area contributed by atoms with Crippen LogP contribution in [0.25, 0.3) is 0 Å². The molecule has 2 N–H and O–H groups in total. The van der Waals surface area contributed by atoms with Crippen LogP contribution in [0, 0.1) is 11.3 Å². The lowest BCUT2D eigenvalue weighted by Gasteiger charge is -2.14. The van der Waals surface area contributed by atoms with Crippen LogP contribution in [0.4, 0.5) is 0 Å². The van der Waals surface area contributed by atoms with Crippen LogP contribution in [-0.4, -0.2) is 21.0 Å². The van der Waals surface area contributed by atoms with Crippen molar-refractivity contribution in [1.29, 1.82) is 0 Å². The van der Waals surface area contributed by atoms with E-state index in [1.165, 1.54) is 37.0 Å². The van der Waals surface area contributed by atoms with Gasteiger partial charge in [-0.1, -0.05) is 13.8 Å². The molecule has 2 aliphatic carbocycles. The minimum atomic E-state index is -3.34. The Bertz CT molecular complexity index is 599. The van der Waals surface area contributed by atoms with E-state index in [0.29, 0.717) is 22.9 Å². The topological polar surface area (TPSA) is 58.2 Å². The maximum Gasteiger partial charge on any atom is 0.241 e. The molecule has 1 aromatic heterocycles. The van der Waals surface area contributed by atoms with Crippen LogP contribution in [0.2, 0.25) is 0 Å². The quantitative estimate of drug-likeness (QED) is 0.771. The molecule has 2 saturated carbocycles. The van der Waals surface area contributed by atoms with E-state index in [9.17, 15) is 8.42 Å². The van der Waals surface area contributed by atoms with Gasteiger partial charge in [0, 0.05) is 29.4 Å². The zero-order valence-corrected chi connectivity index (χ0v) is 14.3. The standard InChI is InChI=1S/C15H24N2O2S2/c1-11(2)16-8-13-7-14(9-20-13)21(18,19)17-10-15(5-6-15)12-3-4-12/h7,9,11-12,16-17H,3-6,8,10H2,1-2H3. The molecule has 1 aromatic rings. The predicted octanol–water partition coefficient (Wildman–Crippen LogP) is 2.71. The van der Waals surface area contributed by atoms with Crippen molar-refractivity contribution in [1.82, 2.24) is 10.0 Å². The minimum absolute atomic E-state index is 0.297. The van der Waals surface area contributed by atoms with Crippen molar-refractivity contribution in [3.8, 4) is 0 Å². The first-order valence-electron chi connectivity index (χ1n) is 7.72. The van der Waals surface area contributed by atoms with Gasteiger partial charge in [-0.2, -0.15) is 0 Å². The average molecular weight is 329 g/mol. The number of thiophene rings is 1. The van der Waals surface area contributed by atoms with Gasteiger partial charge < -0.3 is 5.32 Å². The Morgan fingerprint density at radius 2 is 2.10 bits per heavy atom. The zero-order chi connectivity index (χ0) is 15.1. The Hall–Kier alpha value is -0.430. The normalized spacial score (nSPS) is 20.9. The first-order chi connectivity index (χ1) is 9.91. The molecular formula is C15H24N2O2S2. The number of sulfonamides is 1. The Morgan fingerprint density at radius 3 is 2.67 bits per heavy atom. The van der Waals surface area contributed by atoms with Gasteiger partial charge in [0.25, 0.3) is 0 Å². The fourth-order valence-corrected chi connectivity index (χ4v) is 5.17. The summed E-state index contributed by atoms with van der Waals surface area (Å²) in [7, 11) is -3.34. The molecule has 0 radical (unpaired) electrons. The molecule has 21 heavy (non-hydrogen) atoms. The van der Waals surface area contributed by atoms with E-state index in [0.717, 1.165) is 17.3 Å². The van der Waals surface area contributed by atoms with Gasteiger partial charge in [0.05, 0.1) is 4.90 Å². The minimum Gasteiger partial charge on any atom is -0.310 e. The zero-order valence-electron chi connectivity index (χ0n) is 12.7. The second-order valence-electron chi connectivity index (χ2n) is 6.75. The van der Waals surface area contributed by atoms with Crippen molar-refractivity contribution in [2.45, 2.75) is 57.0 Å². The van der Waals surface area contributed by atoms with Crippen LogP contribution in [0.5, 0.6) is 0 Å². The van der Waals surface area contributed by atoms with E-state index in [2.05, 4.69) is 23.9 Å². The summed E-state index contributed by atoms with van der Waals surface area (Å²) < 4.78 is 27.6. The smallest absolute Gasteiger partial charge is 0.241 e. The molecule has 4 nitrogen and oxygen atoms in total. The number of rotatable bonds is 8. The third-order valence-electron chi connectivity index (χ3n) is 4.57. The Kier molecular flexibility index (Phi) is 4.16. The van der Waals surface area contributed by atoms with Gasteiger partial charge in [0.2, 0.25) is 10.0 Å². The van der Waals surface area contributed by atoms with E-state index in [1.54, 1.807) is 11.4 Å². The molecule has 0 aliphatic heterocycles. The van der Waals surface area contributed by atoms with Crippen LogP contribution < -0.4 is 10.0 Å². The second-order valence-corrected chi connectivity index (χ2v) is 9.51. The molecule has 3 rings (SSSR count). The third-order valence-corrected chi connectivity index (χ3v) is 7.04. The predicted molar refractivity (Wildman–Crippen MR) is 85.9 cm³/mol. The Morgan fingerprint density at radius 1 is 1.38 bits per heavy atom. The fraction of sp³-hybridized carbons (Fsp3) is 0.733. The van der Waals surface area contributed by atoms with Gasteiger partial charge in [0.15, 0.2) is 0 Å². The van der Waals surface area contributed by atoms with Crippen molar-refractivity contribution in [3.63, 3.8) is 0 Å². The van der Waals surface area contributed by atoms with Crippen LogP contribution in [0.1, 0.15) is 44.4 Å². The maximum atomic E-state index is 12.4. The lowest BCUT2D eigenvalue weighted by Crippen LogP contribution is -2.31. The van der Waals surface area contributed by atoms with Gasteiger partial charge in [-0.05, 0) is 43.1 Å². The maximum absolute atomic E-state index is 12.4. The van der Waals surface area contributed by atoms with Crippen LogP contribution in [-0.2, 0) is 16.6 Å². The first-order valence-corrected chi connectivity index (χ1v) is 10.1. The van der Waals surface area contributed by atoms with Gasteiger partial charge in [-0.15, -0.1) is 11.3 Å². The molecule has 0 unspecified atom stereocenters. The summed E-state index contributed by atoms with van der Waals surface area (Å²) in [6.07, 6.45) is 4.94. The summed E-state index contributed by atoms with van der Waals surface area (Å²) in [6, 6.07) is 2.19. The highest BCUT2D eigenvalue weighted by Crippen LogP contribution is 2.60. The number of nitrogens with one attached hydrogen (secondary N) is 2. The van der Waals surface area contributed by atoms with Crippen LogP contribution in [0.3, 0.4) is 0 Å². The lowest BCUT2D eigenvalue weighted by atomic mass is 10.0. The molecule has 0 aromatic carbocycles. The number of hydrogen-bond acceptors (Lipinski definition) is 4. The molecule has 0 amide bonds. The fourth-order valence-electron chi connectivity index (χ4n) is 2.81. The van der Waals surface area contributed by atoms with Crippen molar-refractivity contribution >= 4 is 21.4 Å². The van der Waals surface area contributed by atoms with Gasteiger partial charge >= 0.3 is 0 Å². The summed E-state index contributed by atoms with van der Waals surface area (Å²) >= 11 is 1.50. The van der Waals surface area contributed by atoms with E-state index in [-0.39, 0.29) is 0 Å². The van der Waals surface area contributed by atoms with E-state index >= 15 is 0 Å². The Labute approximate surface area is 131 Å². The summed E-state index contributed by atoms with van der Waals surface area (Å²) in [5.74, 6) is 0.772. The molecule has 0 spiro atoms. The van der Waals surface area contributed by atoms with E-state index in [4.69, 9.17) is 0 Å². The molecule has 6 heteroatoms. The molecule has 0 atom stereocenters. The molecule has 0 saturated heterocycles. The summed E-state index contributed by atoms with van der Waals surface area (Å²) in [6.45, 7) is 5.51. The number of hydrogen-bond donors (Lipinski definition) is 2. The van der Waals surface area contributed by atoms with Gasteiger partial charge in [-0.3, -0.25) is 0 Å². The highest BCUT2D eigenvalue weighted by atomic mass is 32.2. The SMILES string of the molecule is CC(C)NCc1cc(S(=O)(=O)NCC2(C3CC3)CC2)cs1.